The Morgan fingerprint density at radius 2 is 1.62 bits per heavy atom. The SMILES string of the molecule is C[C@H]1O[C@H](O)[C@H](O)[C@@H](O)[C@@H]1N(C)C. The molecule has 5 nitrogen and oxygen atoms in total. The Kier molecular flexibility index (Phi) is 3.26. The van der Waals surface area contributed by atoms with Gasteiger partial charge in [0.2, 0.25) is 0 Å². The summed E-state index contributed by atoms with van der Waals surface area (Å²) in [6.07, 6.45) is -3.80. The van der Waals surface area contributed by atoms with E-state index in [1.165, 1.54) is 0 Å². The highest BCUT2D eigenvalue weighted by atomic mass is 16.6. The average molecular weight is 191 g/mol. The highest BCUT2D eigenvalue weighted by Crippen LogP contribution is 2.22. The third kappa shape index (κ3) is 2.00. The van der Waals surface area contributed by atoms with Crippen LogP contribution in [0, 0.1) is 0 Å². The Morgan fingerprint density at radius 1 is 1.08 bits per heavy atom. The van der Waals surface area contributed by atoms with Gasteiger partial charge in [-0.15, -0.1) is 0 Å². The molecule has 1 rings (SSSR count). The van der Waals surface area contributed by atoms with Crippen molar-refractivity contribution in [1.29, 1.82) is 0 Å². The first kappa shape index (κ1) is 10.9. The van der Waals surface area contributed by atoms with Crippen molar-refractivity contribution in [1.82, 2.24) is 4.90 Å². The molecule has 0 saturated carbocycles. The van der Waals surface area contributed by atoms with Crippen LogP contribution < -0.4 is 0 Å². The number of hydrogen-bond acceptors (Lipinski definition) is 5. The van der Waals surface area contributed by atoms with E-state index in [1.807, 2.05) is 0 Å². The first-order valence-corrected chi connectivity index (χ1v) is 4.31. The van der Waals surface area contributed by atoms with Gasteiger partial charge in [-0.05, 0) is 21.0 Å². The molecule has 13 heavy (non-hydrogen) atoms. The molecular formula is C8H17NO4. The summed E-state index contributed by atoms with van der Waals surface area (Å²) in [4.78, 5) is 1.77. The van der Waals surface area contributed by atoms with E-state index in [9.17, 15) is 10.2 Å². The maximum absolute atomic E-state index is 9.62. The summed E-state index contributed by atoms with van der Waals surface area (Å²) in [5.74, 6) is 0. The molecule has 1 saturated heterocycles. The normalized spacial score (nSPS) is 46.8. The summed E-state index contributed by atoms with van der Waals surface area (Å²) in [5.41, 5.74) is 0. The molecule has 1 fully saturated rings. The number of likely N-dealkylation sites (N-methyl/N-ethyl adjacent to an activating group) is 1. The fourth-order valence-corrected chi connectivity index (χ4v) is 1.75. The fraction of sp³-hybridized carbons (Fsp3) is 1.00. The monoisotopic (exact) mass is 191 g/mol. The molecule has 0 aromatic carbocycles. The van der Waals surface area contributed by atoms with Gasteiger partial charge in [-0.1, -0.05) is 0 Å². The molecule has 0 radical (unpaired) electrons. The predicted octanol–water partition coefficient (Wildman–Crippen LogP) is -1.62. The van der Waals surface area contributed by atoms with Crippen LogP contribution in [0.25, 0.3) is 0 Å². The summed E-state index contributed by atoms with van der Waals surface area (Å²) in [5, 5.41) is 28.1. The van der Waals surface area contributed by atoms with Crippen molar-refractivity contribution in [3.63, 3.8) is 0 Å². The van der Waals surface area contributed by atoms with Crippen LogP contribution in [0.15, 0.2) is 0 Å². The highest BCUT2D eigenvalue weighted by Gasteiger charge is 2.42. The zero-order valence-corrected chi connectivity index (χ0v) is 8.08. The highest BCUT2D eigenvalue weighted by molar-refractivity contribution is 4.91. The Balaban J connectivity index is 2.73. The summed E-state index contributed by atoms with van der Waals surface area (Å²) >= 11 is 0. The molecule has 0 aromatic heterocycles. The van der Waals surface area contributed by atoms with E-state index in [-0.39, 0.29) is 12.1 Å². The molecule has 0 unspecified atom stereocenters. The molecule has 5 heteroatoms. The fourth-order valence-electron chi connectivity index (χ4n) is 1.75. The number of ether oxygens (including phenoxy) is 1. The van der Waals surface area contributed by atoms with E-state index in [0.29, 0.717) is 0 Å². The largest absolute Gasteiger partial charge is 0.388 e. The summed E-state index contributed by atoms with van der Waals surface area (Å²) in [7, 11) is 3.58. The van der Waals surface area contributed by atoms with E-state index >= 15 is 0 Å². The predicted molar refractivity (Wildman–Crippen MR) is 46.0 cm³/mol. The number of aliphatic hydroxyl groups excluding tert-OH is 3. The molecule has 0 amide bonds. The van der Waals surface area contributed by atoms with Crippen LogP contribution in [0.4, 0.5) is 0 Å². The lowest BCUT2D eigenvalue weighted by atomic mass is 9.96. The van der Waals surface area contributed by atoms with E-state index in [0.717, 1.165) is 0 Å². The third-order valence-electron chi connectivity index (χ3n) is 2.42. The molecule has 0 spiro atoms. The van der Waals surface area contributed by atoms with E-state index < -0.39 is 18.5 Å². The van der Waals surface area contributed by atoms with Crippen molar-refractivity contribution in [2.75, 3.05) is 14.1 Å². The lowest BCUT2D eigenvalue weighted by Gasteiger charge is -2.42. The second-order valence-electron chi connectivity index (χ2n) is 3.67. The molecule has 78 valence electrons. The van der Waals surface area contributed by atoms with Gasteiger partial charge >= 0.3 is 0 Å². The molecule has 1 aliphatic rings. The molecule has 5 atom stereocenters. The average Bonchev–Trinajstić information content (AvgIpc) is 1.99. The number of aliphatic hydroxyl groups is 3. The lowest BCUT2D eigenvalue weighted by molar-refractivity contribution is -0.263. The smallest absolute Gasteiger partial charge is 0.183 e. The summed E-state index contributed by atoms with van der Waals surface area (Å²) < 4.78 is 5.05. The van der Waals surface area contributed by atoms with Crippen molar-refractivity contribution in [3.05, 3.63) is 0 Å². The van der Waals surface area contributed by atoms with Gasteiger partial charge in [0, 0.05) is 0 Å². The Morgan fingerprint density at radius 3 is 2.08 bits per heavy atom. The van der Waals surface area contributed by atoms with Gasteiger partial charge in [-0.25, -0.2) is 0 Å². The second-order valence-corrected chi connectivity index (χ2v) is 3.67. The first-order valence-electron chi connectivity index (χ1n) is 4.31. The van der Waals surface area contributed by atoms with Crippen molar-refractivity contribution >= 4 is 0 Å². The van der Waals surface area contributed by atoms with Crippen molar-refractivity contribution in [3.8, 4) is 0 Å². The maximum Gasteiger partial charge on any atom is 0.183 e. The van der Waals surface area contributed by atoms with Gasteiger partial charge in [0.15, 0.2) is 6.29 Å². The number of hydrogen-bond donors (Lipinski definition) is 3. The van der Waals surface area contributed by atoms with Gasteiger partial charge in [-0.2, -0.15) is 0 Å². The minimum Gasteiger partial charge on any atom is -0.388 e. The topological polar surface area (TPSA) is 73.2 Å². The molecule has 1 aliphatic heterocycles. The van der Waals surface area contributed by atoms with Crippen LogP contribution >= 0.6 is 0 Å². The molecule has 0 bridgehead atoms. The zero-order chi connectivity index (χ0) is 10.2. The molecule has 1 heterocycles. The number of nitrogens with zero attached hydrogens (tertiary/aromatic N) is 1. The van der Waals surface area contributed by atoms with Crippen molar-refractivity contribution < 1.29 is 20.1 Å². The van der Waals surface area contributed by atoms with Gasteiger partial charge in [0.25, 0.3) is 0 Å². The van der Waals surface area contributed by atoms with Crippen LogP contribution in [0.2, 0.25) is 0 Å². The maximum atomic E-state index is 9.62. The zero-order valence-electron chi connectivity index (χ0n) is 8.08. The third-order valence-corrected chi connectivity index (χ3v) is 2.42. The van der Waals surface area contributed by atoms with Crippen LogP contribution in [0.1, 0.15) is 6.92 Å². The van der Waals surface area contributed by atoms with Crippen LogP contribution in [-0.4, -0.2) is 65.0 Å². The Bertz CT molecular complexity index is 176. The Hall–Kier alpha value is -0.200. The quantitative estimate of drug-likeness (QED) is 0.464. The standard InChI is InChI=1S/C8H17NO4/c1-4-5(9(2)3)6(10)7(11)8(12)13-4/h4-8,10-12H,1-3H3/t4-,5-,6+,7-,8+/m1/s1. The molecule has 0 aliphatic carbocycles. The molecular weight excluding hydrogens is 174 g/mol. The van der Waals surface area contributed by atoms with Crippen molar-refractivity contribution in [2.24, 2.45) is 0 Å². The van der Waals surface area contributed by atoms with E-state index in [1.54, 1.807) is 25.9 Å². The molecule has 0 aromatic rings. The van der Waals surface area contributed by atoms with Gasteiger partial charge in [0.1, 0.15) is 12.2 Å². The van der Waals surface area contributed by atoms with Gasteiger partial charge < -0.3 is 25.0 Å². The van der Waals surface area contributed by atoms with Crippen LogP contribution in [0.3, 0.4) is 0 Å². The lowest BCUT2D eigenvalue weighted by Crippen LogP contribution is -2.61. The van der Waals surface area contributed by atoms with E-state index in [4.69, 9.17) is 9.84 Å². The molecule has 3 N–H and O–H groups in total. The van der Waals surface area contributed by atoms with E-state index in [2.05, 4.69) is 0 Å². The minimum absolute atomic E-state index is 0.293. The van der Waals surface area contributed by atoms with Crippen molar-refractivity contribution in [2.45, 2.75) is 37.6 Å². The van der Waals surface area contributed by atoms with Gasteiger partial charge in [0.05, 0.1) is 12.1 Å². The second kappa shape index (κ2) is 3.89. The minimum atomic E-state index is -1.29. The Labute approximate surface area is 77.5 Å². The van der Waals surface area contributed by atoms with Crippen LogP contribution in [0.5, 0.6) is 0 Å². The van der Waals surface area contributed by atoms with Crippen LogP contribution in [-0.2, 0) is 4.74 Å². The summed E-state index contributed by atoms with van der Waals surface area (Å²) in [6.45, 7) is 1.75. The summed E-state index contributed by atoms with van der Waals surface area (Å²) in [6, 6.07) is -0.293. The first-order chi connectivity index (χ1) is 5.95. The van der Waals surface area contributed by atoms with Gasteiger partial charge in [-0.3, -0.25) is 0 Å². The number of rotatable bonds is 1.